The number of azo groups is 1. The summed E-state index contributed by atoms with van der Waals surface area (Å²) in [7, 11) is -21.6. The second-order valence-electron chi connectivity index (χ2n) is 9.25. The smallest absolute Gasteiger partial charge is 0.871 e. The standard InChI is InChI=1S/C23H15ClN6O14S4.4Na/c24-21-26-22(28-23(32)27-21)25-13-6-5-10-12(20(13)48(42,43)44)8-16(46(36,37)38)17(18(10)31)30-29-14-7-4-9-11(19(14)47(39,40)41)2-1-3-15(9)45(33,34)35;;;;/h1-8,31H,(H,33,34,35)(H,36,37,38)(H,39,40,41)(H,42,43,44)(H2,25,26,27,28,32);;;;/q;4*+1/p-4. The zero-order valence-electron chi connectivity index (χ0n) is 26.7. The van der Waals surface area contributed by atoms with Gasteiger partial charge in [0.1, 0.15) is 35.7 Å². The van der Waals surface area contributed by atoms with Crippen molar-refractivity contribution in [1.82, 2.24) is 15.0 Å². The molecular weight excluding hydrogens is 840 g/mol. The topological polar surface area (TPSA) is 345 Å². The third kappa shape index (κ3) is 10.6. The van der Waals surface area contributed by atoms with Gasteiger partial charge in [0.25, 0.3) is 20.2 Å². The first-order valence-electron chi connectivity index (χ1n) is 12.1. The van der Waals surface area contributed by atoms with Gasteiger partial charge in [-0.15, -0.1) is 10.2 Å². The van der Waals surface area contributed by atoms with Gasteiger partial charge in [-0.2, -0.15) is 21.8 Å². The molecule has 0 aliphatic heterocycles. The van der Waals surface area contributed by atoms with Crippen LogP contribution in [-0.4, -0.2) is 66.8 Å². The van der Waals surface area contributed by atoms with E-state index in [1.54, 1.807) is 0 Å². The number of fused-ring (bicyclic) bond motifs is 2. The summed E-state index contributed by atoms with van der Waals surface area (Å²) in [5.74, 6) is -2.13. The molecule has 20 nitrogen and oxygen atoms in total. The predicted octanol–water partition coefficient (Wildman–Crippen LogP) is -10.5. The Balaban J connectivity index is 0.00000338. The van der Waals surface area contributed by atoms with Crippen LogP contribution in [0.5, 0.6) is 11.8 Å². The van der Waals surface area contributed by atoms with Crippen LogP contribution in [0, 0.1) is 0 Å². The van der Waals surface area contributed by atoms with E-state index in [2.05, 4.69) is 30.5 Å². The van der Waals surface area contributed by atoms with E-state index < -0.39 is 122 Å². The van der Waals surface area contributed by atoms with Crippen molar-refractivity contribution in [3.05, 3.63) is 53.8 Å². The third-order valence-corrected chi connectivity index (χ3v) is 10.1. The Kier molecular flexibility index (Phi) is 17.2. The maximum absolute atomic E-state index is 13.5. The number of halogens is 1. The van der Waals surface area contributed by atoms with Crippen molar-refractivity contribution in [3.8, 4) is 11.8 Å². The number of nitrogens with one attached hydrogen (secondary N) is 1. The summed E-state index contributed by atoms with van der Waals surface area (Å²) in [5.41, 5.74) is -2.74. The van der Waals surface area contributed by atoms with Crippen LogP contribution < -0.4 is 134 Å². The molecule has 52 heavy (non-hydrogen) atoms. The molecule has 0 saturated heterocycles. The first-order chi connectivity index (χ1) is 22.1. The number of benzene rings is 4. The summed E-state index contributed by atoms with van der Waals surface area (Å²) in [4.78, 5) is 5.37. The maximum Gasteiger partial charge on any atom is 1.00 e. The maximum atomic E-state index is 13.5. The first-order valence-corrected chi connectivity index (χ1v) is 18.2. The summed E-state index contributed by atoms with van der Waals surface area (Å²) in [6.45, 7) is 0. The predicted molar refractivity (Wildman–Crippen MR) is 155 cm³/mol. The van der Waals surface area contributed by atoms with E-state index in [4.69, 9.17) is 11.6 Å². The van der Waals surface area contributed by atoms with Crippen molar-refractivity contribution < 1.29 is 180 Å². The summed E-state index contributed by atoms with van der Waals surface area (Å²) < 4.78 is 141. The molecule has 0 spiro atoms. The van der Waals surface area contributed by atoms with E-state index in [9.17, 15) is 62.1 Å². The van der Waals surface area contributed by atoms with Crippen LogP contribution in [0.3, 0.4) is 0 Å². The van der Waals surface area contributed by atoms with Gasteiger partial charge in [-0.3, -0.25) is 9.11 Å². The van der Waals surface area contributed by atoms with Gasteiger partial charge >= 0.3 is 118 Å². The molecule has 0 fully saturated rings. The van der Waals surface area contributed by atoms with E-state index >= 15 is 0 Å². The van der Waals surface area contributed by atoms with E-state index in [1.165, 1.54) is 0 Å². The second-order valence-corrected chi connectivity index (χ2v) is 15.0. The minimum Gasteiger partial charge on any atom is -0.871 e. The number of hydrogen-bond acceptors (Lipinski definition) is 18. The monoisotopic (exact) mass is 850 g/mol. The van der Waals surface area contributed by atoms with Crippen molar-refractivity contribution >= 4 is 96.6 Å². The summed E-state index contributed by atoms with van der Waals surface area (Å²) in [6, 6.07) is 5.36. The Labute approximate surface area is 387 Å². The fourth-order valence-corrected chi connectivity index (χ4v) is 7.66. The summed E-state index contributed by atoms with van der Waals surface area (Å²) in [6.07, 6.45) is 0. The molecule has 0 atom stereocenters. The molecule has 0 aliphatic rings. The Morgan fingerprint density at radius 1 is 0.654 bits per heavy atom. The quantitative estimate of drug-likeness (QED) is 0.0741. The molecule has 0 unspecified atom stereocenters. The van der Waals surface area contributed by atoms with Gasteiger partial charge in [-0.25, -0.2) is 26.8 Å². The van der Waals surface area contributed by atoms with Gasteiger partial charge in [0.2, 0.25) is 11.2 Å². The van der Waals surface area contributed by atoms with E-state index in [1.807, 2.05) is 0 Å². The minimum absolute atomic E-state index is 0. The van der Waals surface area contributed by atoms with Crippen molar-refractivity contribution in [1.29, 1.82) is 0 Å². The SMILES string of the molecule is O=S(=O)([O-])c1cc2c(S(=O)(=O)O)c(Nc3nc([O-])nc(Cl)n3)ccc2c([O-])c1N=Nc1ccc2c(S(=O)(=O)[O-])cccc2c1S(=O)(=O)O.[Na+].[Na+].[Na+].[Na+]. The molecule has 5 rings (SSSR count). The molecule has 0 bridgehead atoms. The molecule has 0 aliphatic carbocycles. The van der Waals surface area contributed by atoms with Crippen LogP contribution in [0.4, 0.5) is 23.0 Å². The van der Waals surface area contributed by atoms with Crippen molar-refractivity contribution in [3.63, 3.8) is 0 Å². The number of rotatable bonds is 8. The van der Waals surface area contributed by atoms with E-state index in [-0.39, 0.29) is 118 Å². The minimum atomic E-state index is -5.75. The molecular formula is C23H11ClN6Na4O14S4. The van der Waals surface area contributed by atoms with E-state index in [0.717, 1.165) is 42.5 Å². The molecule has 0 radical (unpaired) electrons. The number of anilines is 2. The average molecular weight is 851 g/mol. The zero-order chi connectivity index (χ0) is 35.6. The second kappa shape index (κ2) is 18.1. The number of aromatic nitrogens is 3. The molecule has 4 aromatic carbocycles. The molecule has 5 aromatic rings. The third-order valence-electron chi connectivity index (χ3n) is 6.26. The Morgan fingerprint density at radius 2 is 1.23 bits per heavy atom. The molecule has 3 N–H and O–H groups in total. The van der Waals surface area contributed by atoms with Gasteiger partial charge in [0.15, 0.2) is 0 Å². The normalized spacial score (nSPS) is 12.0. The summed E-state index contributed by atoms with van der Waals surface area (Å²) in [5, 5.41) is 31.1. The van der Waals surface area contributed by atoms with E-state index in [0.29, 0.717) is 6.07 Å². The fraction of sp³-hybridized carbons (Fsp3) is 0. The molecule has 29 heteroatoms. The molecule has 252 valence electrons. The van der Waals surface area contributed by atoms with Gasteiger partial charge < -0.3 is 24.6 Å². The van der Waals surface area contributed by atoms with Gasteiger partial charge in [-0.1, -0.05) is 30.0 Å². The zero-order valence-corrected chi connectivity index (χ0v) is 38.7. The average Bonchev–Trinajstić information content (AvgIpc) is 2.92. The van der Waals surface area contributed by atoms with Crippen LogP contribution in [0.15, 0.2) is 78.3 Å². The molecule has 0 saturated carbocycles. The Bertz CT molecular complexity index is 2690. The number of nitrogens with zero attached hydrogens (tertiary/aromatic N) is 5. The van der Waals surface area contributed by atoms with Gasteiger partial charge in [0.05, 0.1) is 27.2 Å². The van der Waals surface area contributed by atoms with Crippen LogP contribution in [-0.2, 0) is 40.5 Å². The van der Waals surface area contributed by atoms with Crippen molar-refractivity contribution in [2.45, 2.75) is 19.6 Å². The van der Waals surface area contributed by atoms with Crippen LogP contribution in [0.2, 0.25) is 5.28 Å². The largest absolute Gasteiger partial charge is 1.00 e. The van der Waals surface area contributed by atoms with Gasteiger partial charge in [0, 0.05) is 16.2 Å². The van der Waals surface area contributed by atoms with Crippen molar-refractivity contribution in [2.75, 3.05) is 5.32 Å². The van der Waals surface area contributed by atoms with Crippen LogP contribution in [0.25, 0.3) is 21.5 Å². The Morgan fingerprint density at radius 3 is 1.77 bits per heavy atom. The number of hydrogen-bond donors (Lipinski definition) is 3. The molecule has 0 amide bonds. The Hall–Kier alpha value is -0.660. The fourth-order valence-electron chi connectivity index (χ4n) is 4.51. The molecule has 1 aromatic heterocycles. The van der Waals surface area contributed by atoms with Gasteiger partial charge in [-0.05, 0) is 41.3 Å². The first kappa shape index (κ1) is 49.4. The van der Waals surface area contributed by atoms with Crippen LogP contribution >= 0.6 is 11.6 Å². The van der Waals surface area contributed by atoms with Crippen molar-refractivity contribution in [2.24, 2.45) is 10.2 Å². The van der Waals surface area contributed by atoms with Crippen LogP contribution in [0.1, 0.15) is 0 Å². The summed E-state index contributed by atoms with van der Waals surface area (Å²) >= 11 is 5.60. The molecule has 1 heterocycles.